The number of H-pyrrole nitrogens is 1. The van der Waals surface area contributed by atoms with Gasteiger partial charge in [0.1, 0.15) is 5.69 Å². The molecule has 0 fully saturated rings. The SMILES string of the molecule is COc1ccc(-c2n[nH]c(C)c2C=O)cc1F. The van der Waals surface area contributed by atoms with Crippen LogP contribution in [-0.4, -0.2) is 23.6 Å². The molecule has 1 aromatic carbocycles. The highest BCUT2D eigenvalue weighted by atomic mass is 19.1. The molecular weight excluding hydrogens is 223 g/mol. The van der Waals surface area contributed by atoms with Gasteiger partial charge in [-0.25, -0.2) is 4.39 Å². The van der Waals surface area contributed by atoms with Crippen molar-refractivity contribution in [2.45, 2.75) is 6.92 Å². The van der Waals surface area contributed by atoms with E-state index < -0.39 is 5.82 Å². The Morgan fingerprint density at radius 1 is 1.47 bits per heavy atom. The van der Waals surface area contributed by atoms with Crippen molar-refractivity contribution in [1.29, 1.82) is 0 Å². The summed E-state index contributed by atoms with van der Waals surface area (Å²) in [7, 11) is 1.40. The van der Waals surface area contributed by atoms with Gasteiger partial charge >= 0.3 is 0 Å². The number of aryl methyl sites for hydroxylation is 1. The van der Waals surface area contributed by atoms with E-state index in [4.69, 9.17) is 4.74 Å². The molecule has 1 aromatic heterocycles. The van der Waals surface area contributed by atoms with Crippen LogP contribution in [0, 0.1) is 12.7 Å². The van der Waals surface area contributed by atoms with Gasteiger partial charge in [0.2, 0.25) is 0 Å². The Hall–Kier alpha value is -2.17. The molecule has 0 spiro atoms. The van der Waals surface area contributed by atoms with Crippen molar-refractivity contribution in [3.63, 3.8) is 0 Å². The van der Waals surface area contributed by atoms with Crippen LogP contribution in [0.4, 0.5) is 4.39 Å². The number of rotatable bonds is 3. The first-order valence-electron chi connectivity index (χ1n) is 5.01. The maximum Gasteiger partial charge on any atom is 0.165 e. The summed E-state index contributed by atoms with van der Waals surface area (Å²) in [4.78, 5) is 10.9. The molecule has 5 heteroatoms. The molecule has 88 valence electrons. The van der Waals surface area contributed by atoms with E-state index in [9.17, 15) is 9.18 Å². The van der Waals surface area contributed by atoms with Gasteiger partial charge in [-0.05, 0) is 25.1 Å². The number of nitrogens with one attached hydrogen (secondary N) is 1. The minimum atomic E-state index is -0.484. The largest absolute Gasteiger partial charge is 0.494 e. The normalized spacial score (nSPS) is 10.3. The maximum absolute atomic E-state index is 13.5. The van der Waals surface area contributed by atoms with Gasteiger partial charge in [-0.3, -0.25) is 9.89 Å². The Labute approximate surface area is 97.4 Å². The first-order chi connectivity index (χ1) is 8.17. The summed E-state index contributed by atoms with van der Waals surface area (Å²) < 4.78 is 18.4. The van der Waals surface area contributed by atoms with Gasteiger partial charge in [0.05, 0.1) is 12.7 Å². The van der Waals surface area contributed by atoms with E-state index in [-0.39, 0.29) is 5.75 Å². The van der Waals surface area contributed by atoms with Gasteiger partial charge in [0.25, 0.3) is 0 Å². The Bertz CT molecular complexity index is 564. The second kappa shape index (κ2) is 4.37. The molecular formula is C12H11FN2O2. The number of aldehydes is 1. The lowest BCUT2D eigenvalue weighted by atomic mass is 10.1. The Balaban J connectivity index is 2.53. The van der Waals surface area contributed by atoms with Crippen LogP contribution in [0.15, 0.2) is 18.2 Å². The molecule has 2 rings (SSSR count). The fourth-order valence-corrected chi connectivity index (χ4v) is 1.62. The van der Waals surface area contributed by atoms with Gasteiger partial charge in [-0.2, -0.15) is 5.10 Å². The zero-order chi connectivity index (χ0) is 12.4. The number of aromatic nitrogens is 2. The van der Waals surface area contributed by atoms with Gasteiger partial charge in [-0.15, -0.1) is 0 Å². The summed E-state index contributed by atoms with van der Waals surface area (Å²) in [5.41, 5.74) is 2.08. The molecule has 4 nitrogen and oxygen atoms in total. The highest BCUT2D eigenvalue weighted by Gasteiger charge is 2.13. The molecule has 2 aromatic rings. The zero-order valence-electron chi connectivity index (χ0n) is 9.45. The predicted molar refractivity (Wildman–Crippen MR) is 60.7 cm³/mol. The van der Waals surface area contributed by atoms with Crippen molar-refractivity contribution in [1.82, 2.24) is 10.2 Å². The van der Waals surface area contributed by atoms with Gasteiger partial charge in [0, 0.05) is 11.3 Å². The molecule has 0 aliphatic rings. The summed E-state index contributed by atoms with van der Waals surface area (Å²) in [6.45, 7) is 1.74. The van der Waals surface area contributed by atoms with Crippen LogP contribution in [0.1, 0.15) is 16.1 Å². The molecule has 1 heterocycles. The topological polar surface area (TPSA) is 55.0 Å². The Kier molecular flexibility index (Phi) is 2.91. The number of methoxy groups -OCH3 is 1. The number of halogens is 1. The Morgan fingerprint density at radius 2 is 2.24 bits per heavy atom. The predicted octanol–water partition coefficient (Wildman–Crippen LogP) is 2.35. The first-order valence-corrected chi connectivity index (χ1v) is 5.01. The fraction of sp³-hybridized carbons (Fsp3) is 0.167. The number of carbonyl (C=O) groups is 1. The number of hydrogen-bond donors (Lipinski definition) is 1. The van der Waals surface area contributed by atoms with Crippen molar-refractivity contribution in [3.8, 4) is 17.0 Å². The number of aromatic amines is 1. The molecule has 0 atom stereocenters. The number of hydrogen-bond acceptors (Lipinski definition) is 3. The molecule has 0 unspecified atom stereocenters. The summed E-state index contributed by atoms with van der Waals surface area (Å²) in [6.07, 6.45) is 0.705. The van der Waals surface area contributed by atoms with E-state index in [1.165, 1.54) is 19.2 Å². The van der Waals surface area contributed by atoms with Crippen molar-refractivity contribution in [2.75, 3.05) is 7.11 Å². The monoisotopic (exact) mass is 234 g/mol. The lowest BCUT2D eigenvalue weighted by Gasteiger charge is -2.03. The van der Waals surface area contributed by atoms with Crippen molar-refractivity contribution in [2.24, 2.45) is 0 Å². The van der Waals surface area contributed by atoms with E-state index in [0.717, 1.165) is 0 Å². The molecule has 1 N–H and O–H groups in total. The third-order valence-corrected chi connectivity index (χ3v) is 2.54. The smallest absolute Gasteiger partial charge is 0.165 e. The second-order valence-corrected chi connectivity index (χ2v) is 3.58. The Morgan fingerprint density at radius 3 is 2.82 bits per heavy atom. The number of ether oxygens (including phenoxy) is 1. The average molecular weight is 234 g/mol. The summed E-state index contributed by atoms with van der Waals surface area (Å²) in [6, 6.07) is 4.45. The highest BCUT2D eigenvalue weighted by Crippen LogP contribution is 2.26. The minimum Gasteiger partial charge on any atom is -0.494 e. The third-order valence-electron chi connectivity index (χ3n) is 2.54. The standard InChI is InChI=1S/C12H11FN2O2/c1-7-9(6-16)12(15-14-7)8-3-4-11(17-2)10(13)5-8/h3-6H,1-2H3,(H,14,15). The summed E-state index contributed by atoms with van der Waals surface area (Å²) in [5.74, 6) is -0.323. The van der Waals surface area contributed by atoms with E-state index in [2.05, 4.69) is 10.2 Å². The first kappa shape index (κ1) is 11.3. The summed E-state index contributed by atoms with van der Waals surface area (Å²) in [5, 5.41) is 6.69. The van der Waals surface area contributed by atoms with Gasteiger partial charge in [0.15, 0.2) is 17.9 Å². The lowest BCUT2D eigenvalue weighted by molar-refractivity contribution is 0.112. The van der Waals surface area contributed by atoms with Gasteiger partial charge < -0.3 is 4.74 Å². The van der Waals surface area contributed by atoms with Crippen LogP contribution < -0.4 is 4.74 Å². The van der Waals surface area contributed by atoms with Crippen LogP contribution >= 0.6 is 0 Å². The molecule has 0 saturated carbocycles. The quantitative estimate of drug-likeness (QED) is 0.829. The van der Waals surface area contributed by atoms with E-state index in [1.807, 2.05) is 0 Å². The molecule has 17 heavy (non-hydrogen) atoms. The molecule has 0 aliphatic heterocycles. The van der Waals surface area contributed by atoms with E-state index in [1.54, 1.807) is 13.0 Å². The van der Waals surface area contributed by atoms with E-state index in [0.29, 0.717) is 28.8 Å². The van der Waals surface area contributed by atoms with Crippen LogP contribution in [0.25, 0.3) is 11.3 Å². The molecule has 0 bridgehead atoms. The van der Waals surface area contributed by atoms with Crippen LogP contribution in [0.5, 0.6) is 5.75 Å². The van der Waals surface area contributed by atoms with Crippen LogP contribution in [-0.2, 0) is 0 Å². The number of nitrogens with zero attached hydrogens (tertiary/aromatic N) is 1. The highest BCUT2D eigenvalue weighted by molar-refractivity contribution is 5.87. The maximum atomic E-state index is 13.5. The van der Waals surface area contributed by atoms with Crippen molar-refractivity contribution >= 4 is 6.29 Å². The number of carbonyl (C=O) groups excluding carboxylic acids is 1. The molecule has 0 radical (unpaired) electrons. The van der Waals surface area contributed by atoms with Crippen LogP contribution in [0.3, 0.4) is 0 Å². The van der Waals surface area contributed by atoms with Crippen LogP contribution in [0.2, 0.25) is 0 Å². The fourth-order valence-electron chi connectivity index (χ4n) is 1.62. The van der Waals surface area contributed by atoms with Gasteiger partial charge in [-0.1, -0.05) is 0 Å². The molecule has 0 amide bonds. The average Bonchev–Trinajstić information content (AvgIpc) is 2.70. The summed E-state index contributed by atoms with van der Waals surface area (Å²) >= 11 is 0. The third kappa shape index (κ3) is 1.91. The van der Waals surface area contributed by atoms with Crippen molar-refractivity contribution < 1.29 is 13.9 Å². The molecule has 0 aliphatic carbocycles. The van der Waals surface area contributed by atoms with E-state index >= 15 is 0 Å². The zero-order valence-corrected chi connectivity index (χ0v) is 9.45. The molecule has 0 saturated heterocycles. The van der Waals surface area contributed by atoms with Crippen molar-refractivity contribution in [3.05, 3.63) is 35.3 Å². The number of benzene rings is 1. The lowest BCUT2D eigenvalue weighted by Crippen LogP contribution is -1.90. The second-order valence-electron chi connectivity index (χ2n) is 3.58. The minimum absolute atomic E-state index is 0.161.